The van der Waals surface area contributed by atoms with Gasteiger partial charge in [-0.05, 0) is 19.1 Å². The fourth-order valence-electron chi connectivity index (χ4n) is 1.29. The maximum absolute atomic E-state index is 10.9. The highest BCUT2D eigenvalue weighted by Gasteiger charge is 2.15. The molecule has 0 saturated carbocycles. The summed E-state index contributed by atoms with van der Waals surface area (Å²) in [5.41, 5.74) is 0. The molecule has 0 unspecified atom stereocenters. The third-order valence-electron chi connectivity index (χ3n) is 1.99. The molecule has 2 aromatic rings. The van der Waals surface area contributed by atoms with Gasteiger partial charge in [-0.3, -0.25) is 0 Å². The molecule has 0 saturated heterocycles. The number of hydrogen-bond donors (Lipinski definition) is 1. The molecule has 0 atom stereocenters. The van der Waals surface area contributed by atoms with Crippen LogP contribution < -0.4 is 4.74 Å². The van der Waals surface area contributed by atoms with Crippen LogP contribution in [0.5, 0.6) is 5.75 Å². The summed E-state index contributed by atoms with van der Waals surface area (Å²) in [6.45, 7) is 2.00. The fraction of sp³-hybridized carbons (Fsp3) is 0.182. The Labute approximate surface area is 102 Å². The number of carboxylic acids is 1. The molecule has 0 amide bonds. The molecule has 0 aromatic carbocycles. The Morgan fingerprint density at radius 3 is 2.82 bits per heavy atom. The Bertz CT molecular complexity index is 525. The largest absolute Gasteiger partial charge is 0.484 e. The van der Waals surface area contributed by atoms with Crippen molar-refractivity contribution in [1.82, 2.24) is 9.97 Å². The van der Waals surface area contributed by atoms with Crippen LogP contribution >= 0.6 is 11.3 Å². The molecule has 6 heteroatoms. The Morgan fingerprint density at radius 2 is 2.18 bits per heavy atom. The van der Waals surface area contributed by atoms with E-state index in [1.165, 1.54) is 11.3 Å². The van der Waals surface area contributed by atoms with Gasteiger partial charge in [-0.2, -0.15) is 0 Å². The molecule has 0 bridgehead atoms. The number of carboxylic acid groups (broad SMARTS) is 1. The molecule has 17 heavy (non-hydrogen) atoms. The lowest BCUT2D eigenvalue weighted by atomic mass is 10.4. The summed E-state index contributed by atoms with van der Waals surface area (Å²) in [5.74, 6) is -0.0905. The predicted molar refractivity (Wildman–Crippen MR) is 62.4 cm³/mol. The van der Waals surface area contributed by atoms with Crippen LogP contribution in [0.2, 0.25) is 0 Å². The van der Waals surface area contributed by atoms with Crippen LogP contribution in [0.15, 0.2) is 24.5 Å². The molecule has 2 heterocycles. The van der Waals surface area contributed by atoms with Gasteiger partial charge in [0.2, 0.25) is 0 Å². The quantitative estimate of drug-likeness (QED) is 0.899. The van der Waals surface area contributed by atoms with E-state index in [0.717, 1.165) is 4.88 Å². The molecule has 0 radical (unpaired) electrons. The van der Waals surface area contributed by atoms with E-state index in [-0.39, 0.29) is 11.5 Å². The molecule has 0 aliphatic heterocycles. The first kappa shape index (κ1) is 11.5. The highest BCUT2D eigenvalue weighted by atomic mass is 32.1. The van der Waals surface area contributed by atoms with Crippen molar-refractivity contribution in [3.05, 3.63) is 40.1 Å². The number of aromatic carboxylic acids is 1. The number of aryl methyl sites for hydroxylation is 1. The van der Waals surface area contributed by atoms with Gasteiger partial charge in [0.1, 0.15) is 12.4 Å². The van der Waals surface area contributed by atoms with Gasteiger partial charge in [0, 0.05) is 17.3 Å². The maximum Gasteiger partial charge on any atom is 0.349 e. The van der Waals surface area contributed by atoms with Gasteiger partial charge < -0.3 is 9.84 Å². The summed E-state index contributed by atoms with van der Waals surface area (Å²) in [6, 6.07) is 3.41. The molecule has 0 spiro atoms. The molecule has 5 nitrogen and oxygen atoms in total. The summed E-state index contributed by atoms with van der Waals surface area (Å²) in [6.07, 6.45) is 3.23. The maximum atomic E-state index is 10.9. The fourth-order valence-corrected chi connectivity index (χ4v) is 2.09. The zero-order valence-corrected chi connectivity index (χ0v) is 9.90. The van der Waals surface area contributed by atoms with Crippen LogP contribution in [0.25, 0.3) is 0 Å². The van der Waals surface area contributed by atoms with E-state index >= 15 is 0 Å². The first-order valence-corrected chi connectivity index (χ1v) is 5.71. The van der Waals surface area contributed by atoms with Crippen molar-refractivity contribution in [2.45, 2.75) is 13.5 Å². The minimum Gasteiger partial charge on any atom is -0.484 e. The van der Waals surface area contributed by atoms with Crippen molar-refractivity contribution in [3.63, 3.8) is 0 Å². The Hall–Kier alpha value is -1.95. The molecule has 2 aromatic heterocycles. The lowest BCUT2D eigenvalue weighted by Crippen LogP contribution is -2.02. The first-order valence-electron chi connectivity index (χ1n) is 4.89. The SMILES string of the molecule is Cc1cc(OCc2ncccn2)c(C(=O)O)s1. The van der Waals surface area contributed by atoms with Gasteiger partial charge in [0.05, 0.1) is 0 Å². The molecular formula is C11H10N2O3S. The van der Waals surface area contributed by atoms with E-state index in [2.05, 4.69) is 9.97 Å². The zero-order valence-electron chi connectivity index (χ0n) is 9.08. The number of rotatable bonds is 4. The molecular weight excluding hydrogens is 240 g/mol. The lowest BCUT2D eigenvalue weighted by molar-refractivity contribution is 0.0697. The van der Waals surface area contributed by atoms with Crippen LogP contribution in [0.4, 0.5) is 0 Å². The minimum absolute atomic E-state index is 0.164. The van der Waals surface area contributed by atoms with E-state index < -0.39 is 5.97 Å². The monoisotopic (exact) mass is 250 g/mol. The van der Waals surface area contributed by atoms with Gasteiger partial charge >= 0.3 is 5.97 Å². The molecule has 1 N–H and O–H groups in total. The Kier molecular flexibility index (Phi) is 3.34. The van der Waals surface area contributed by atoms with Crippen LogP contribution in [0.3, 0.4) is 0 Å². The second-order valence-electron chi connectivity index (χ2n) is 3.31. The van der Waals surface area contributed by atoms with Crippen LogP contribution in [-0.4, -0.2) is 21.0 Å². The lowest BCUT2D eigenvalue weighted by Gasteiger charge is -2.03. The zero-order chi connectivity index (χ0) is 12.3. The second-order valence-corrected chi connectivity index (χ2v) is 4.57. The van der Waals surface area contributed by atoms with Crippen molar-refractivity contribution in [1.29, 1.82) is 0 Å². The summed E-state index contributed by atoms with van der Waals surface area (Å²) in [4.78, 5) is 20.0. The van der Waals surface area contributed by atoms with Crippen molar-refractivity contribution in [2.75, 3.05) is 0 Å². The van der Waals surface area contributed by atoms with E-state index in [0.29, 0.717) is 11.6 Å². The number of carbonyl (C=O) groups is 1. The Morgan fingerprint density at radius 1 is 1.47 bits per heavy atom. The highest BCUT2D eigenvalue weighted by Crippen LogP contribution is 2.29. The van der Waals surface area contributed by atoms with Crippen molar-refractivity contribution in [2.24, 2.45) is 0 Å². The van der Waals surface area contributed by atoms with Gasteiger partial charge in [-0.15, -0.1) is 11.3 Å². The van der Waals surface area contributed by atoms with Gasteiger partial charge in [0.15, 0.2) is 10.7 Å². The van der Waals surface area contributed by atoms with Crippen molar-refractivity contribution >= 4 is 17.3 Å². The number of nitrogens with zero attached hydrogens (tertiary/aromatic N) is 2. The second kappa shape index (κ2) is 4.92. The van der Waals surface area contributed by atoms with Gasteiger partial charge in [-0.1, -0.05) is 0 Å². The molecule has 0 aliphatic carbocycles. The van der Waals surface area contributed by atoms with Crippen LogP contribution in [0.1, 0.15) is 20.4 Å². The van der Waals surface area contributed by atoms with E-state index in [9.17, 15) is 4.79 Å². The average Bonchev–Trinajstić information content (AvgIpc) is 2.69. The third-order valence-corrected chi connectivity index (χ3v) is 3.01. The molecule has 0 aliphatic rings. The molecule has 88 valence electrons. The number of hydrogen-bond acceptors (Lipinski definition) is 5. The summed E-state index contributed by atoms with van der Waals surface area (Å²) >= 11 is 1.19. The number of aromatic nitrogens is 2. The van der Waals surface area contributed by atoms with E-state index in [4.69, 9.17) is 9.84 Å². The normalized spacial score (nSPS) is 10.2. The van der Waals surface area contributed by atoms with Gasteiger partial charge in [-0.25, -0.2) is 14.8 Å². The average molecular weight is 250 g/mol. The predicted octanol–water partition coefficient (Wildman–Crippen LogP) is 2.12. The van der Waals surface area contributed by atoms with Crippen molar-refractivity contribution < 1.29 is 14.6 Å². The number of ether oxygens (including phenoxy) is 1. The smallest absolute Gasteiger partial charge is 0.349 e. The topological polar surface area (TPSA) is 72.3 Å². The van der Waals surface area contributed by atoms with Gasteiger partial charge in [0.25, 0.3) is 0 Å². The molecule has 0 fully saturated rings. The summed E-state index contributed by atoms with van der Waals surface area (Å²) in [5, 5.41) is 8.98. The highest BCUT2D eigenvalue weighted by molar-refractivity contribution is 7.14. The van der Waals surface area contributed by atoms with Crippen molar-refractivity contribution in [3.8, 4) is 5.75 Å². The Balaban J connectivity index is 2.11. The standard InChI is InChI=1S/C11H10N2O3S/c1-7-5-8(10(17-7)11(14)15)16-6-9-12-3-2-4-13-9/h2-5H,6H2,1H3,(H,14,15). The molecule has 2 rings (SSSR count). The summed E-state index contributed by atoms with van der Waals surface area (Å²) in [7, 11) is 0. The third kappa shape index (κ3) is 2.79. The van der Waals surface area contributed by atoms with Crippen LogP contribution in [-0.2, 0) is 6.61 Å². The van der Waals surface area contributed by atoms with E-state index in [1.54, 1.807) is 24.5 Å². The van der Waals surface area contributed by atoms with E-state index in [1.807, 2.05) is 6.92 Å². The minimum atomic E-state index is -0.980. The first-order chi connectivity index (χ1) is 8.16. The van der Waals surface area contributed by atoms with Crippen LogP contribution in [0, 0.1) is 6.92 Å². The summed E-state index contributed by atoms with van der Waals surface area (Å²) < 4.78 is 5.41. The number of thiophene rings is 1.